The van der Waals surface area contributed by atoms with Crippen molar-refractivity contribution in [2.24, 2.45) is 0 Å². The molecule has 24 heavy (non-hydrogen) atoms. The number of aromatic amines is 1. The molecule has 3 rings (SSSR count). The maximum Gasteiger partial charge on any atom is 0.251 e. The highest BCUT2D eigenvalue weighted by atomic mass is 32.2. The molecule has 0 spiro atoms. The summed E-state index contributed by atoms with van der Waals surface area (Å²) in [4.78, 5) is 18.8. The highest BCUT2D eigenvalue weighted by Gasteiger charge is 2.05. The Hall–Kier alpha value is -2.60. The van der Waals surface area contributed by atoms with Gasteiger partial charge in [-0.2, -0.15) is 0 Å². The molecule has 0 saturated heterocycles. The molecule has 0 fully saturated rings. The van der Waals surface area contributed by atoms with Crippen molar-refractivity contribution in [2.75, 3.05) is 0 Å². The zero-order valence-electron chi connectivity index (χ0n) is 12.7. The van der Waals surface area contributed by atoms with E-state index in [4.69, 9.17) is 4.74 Å². The van der Waals surface area contributed by atoms with Crippen molar-refractivity contribution in [3.63, 3.8) is 0 Å². The molecule has 0 saturated carbocycles. The predicted molar refractivity (Wildman–Crippen MR) is 91.6 cm³/mol. The molecule has 1 aromatic heterocycles. The van der Waals surface area contributed by atoms with E-state index in [0.717, 1.165) is 5.56 Å². The number of nitrogens with one attached hydrogen (secondary N) is 1. The molecule has 0 atom stereocenters. The van der Waals surface area contributed by atoms with E-state index in [0.29, 0.717) is 22.4 Å². The molecule has 0 amide bonds. The molecule has 2 aromatic carbocycles. The van der Waals surface area contributed by atoms with Crippen LogP contribution in [-0.2, 0) is 12.4 Å². The fourth-order valence-electron chi connectivity index (χ4n) is 2.08. The van der Waals surface area contributed by atoms with Crippen molar-refractivity contribution in [1.29, 1.82) is 0 Å². The van der Waals surface area contributed by atoms with Crippen LogP contribution in [-0.4, -0.2) is 9.97 Å². The SMILES string of the molecule is O=c1cc(COc2ccccc2)nc(SCc2cccc(F)c2)[nH]1. The molecule has 122 valence electrons. The van der Waals surface area contributed by atoms with E-state index in [2.05, 4.69) is 9.97 Å². The average molecular weight is 342 g/mol. The molecule has 0 unspecified atom stereocenters. The van der Waals surface area contributed by atoms with Crippen LogP contribution >= 0.6 is 11.8 Å². The van der Waals surface area contributed by atoms with Gasteiger partial charge < -0.3 is 9.72 Å². The molecule has 0 aliphatic rings. The Bertz CT molecular complexity index is 868. The summed E-state index contributed by atoms with van der Waals surface area (Å²) in [5, 5.41) is 0.485. The zero-order valence-corrected chi connectivity index (χ0v) is 13.6. The molecule has 4 nitrogen and oxygen atoms in total. The molecule has 0 bridgehead atoms. The number of para-hydroxylation sites is 1. The average Bonchev–Trinajstić information content (AvgIpc) is 2.59. The maximum absolute atomic E-state index is 13.2. The number of H-pyrrole nitrogens is 1. The number of rotatable bonds is 6. The van der Waals surface area contributed by atoms with E-state index >= 15 is 0 Å². The van der Waals surface area contributed by atoms with Gasteiger partial charge in [0.15, 0.2) is 5.16 Å². The van der Waals surface area contributed by atoms with Crippen molar-refractivity contribution < 1.29 is 9.13 Å². The summed E-state index contributed by atoms with van der Waals surface area (Å²) in [7, 11) is 0. The van der Waals surface area contributed by atoms with Gasteiger partial charge in [0.1, 0.15) is 18.2 Å². The fourth-order valence-corrected chi connectivity index (χ4v) is 2.92. The predicted octanol–water partition coefficient (Wildman–Crippen LogP) is 3.78. The quantitative estimate of drug-likeness (QED) is 0.547. The Labute approximate surface area is 142 Å². The molecule has 0 aliphatic carbocycles. The van der Waals surface area contributed by atoms with Crippen molar-refractivity contribution in [3.8, 4) is 5.75 Å². The second-order valence-electron chi connectivity index (χ2n) is 5.06. The number of nitrogens with zero attached hydrogens (tertiary/aromatic N) is 1. The first kappa shape index (κ1) is 16.3. The third kappa shape index (κ3) is 4.70. The highest BCUT2D eigenvalue weighted by molar-refractivity contribution is 7.98. The summed E-state index contributed by atoms with van der Waals surface area (Å²) in [5.74, 6) is 0.956. The number of thioether (sulfide) groups is 1. The normalized spacial score (nSPS) is 10.5. The molecule has 6 heteroatoms. The van der Waals surface area contributed by atoms with Crippen molar-refractivity contribution in [1.82, 2.24) is 9.97 Å². The Kier molecular flexibility index (Phi) is 5.28. The summed E-state index contributed by atoms with van der Waals surface area (Å²) in [5.41, 5.74) is 1.14. The van der Waals surface area contributed by atoms with Gasteiger partial charge in [-0.1, -0.05) is 42.1 Å². The Balaban J connectivity index is 1.66. The lowest BCUT2D eigenvalue weighted by Gasteiger charge is -2.07. The first-order valence-electron chi connectivity index (χ1n) is 7.34. The summed E-state index contributed by atoms with van der Waals surface area (Å²) in [6.07, 6.45) is 0. The number of aromatic nitrogens is 2. The van der Waals surface area contributed by atoms with Gasteiger partial charge in [0.05, 0.1) is 5.69 Å². The number of benzene rings is 2. The monoisotopic (exact) mass is 342 g/mol. The number of ether oxygens (including phenoxy) is 1. The third-order valence-electron chi connectivity index (χ3n) is 3.17. The number of hydrogen-bond acceptors (Lipinski definition) is 4. The van der Waals surface area contributed by atoms with Crippen LogP contribution in [0.25, 0.3) is 0 Å². The Morgan fingerprint density at radius 2 is 1.92 bits per heavy atom. The molecular formula is C18H15FN2O2S. The minimum Gasteiger partial charge on any atom is -0.487 e. The first-order chi connectivity index (χ1) is 11.7. The van der Waals surface area contributed by atoms with Crippen LogP contribution in [0.5, 0.6) is 5.75 Å². The topological polar surface area (TPSA) is 55.0 Å². The van der Waals surface area contributed by atoms with E-state index < -0.39 is 0 Å². The summed E-state index contributed by atoms with van der Waals surface area (Å²) in [6, 6.07) is 17.1. The van der Waals surface area contributed by atoms with E-state index in [1.807, 2.05) is 36.4 Å². The number of halogens is 1. The lowest BCUT2D eigenvalue weighted by molar-refractivity contribution is 0.299. The minimum atomic E-state index is -0.278. The minimum absolute atomic E-state index is 0.210. The maximum atomic E-state index is 13.2. The van der Waals surface area contributed by atoms with Gasteiger partial charge in [0, 0.05) is 11.8 Å². The van der Waals surface area contributed by atoms with E-state index in [1.165, 1.54) is 30.0 Å². The molecule has 1 N–H and O–H groups in total. The van der Waals surface area contributed by atoms with E-state index in [-0.39, 0.29) is 18.0 Å². The lowest BCUT2D eigenvalue weighted by atomic mass is 10.2. The Morgan fingerprint density at radius 1 is 1.08 bits per heavy atom. The number of hydrogen-bond donors (Lipinski definition) is 1. The van der Waals surface area contributed by atoms with Crippen LogP contribution in [0.2, 0.25) is 0 Å². The lowest BCUT2D eigenvalue weighted by Crippen LogP contribution is -2.11. The second-order valence-corrected chi connectivity index (χ2v) is 6.03. The van der Waals surface area contributed by atoms with Crippen LogP contribution in [0.4, 0.5) is 4.39 Å². The Morgan fingerprint density at radius 3 is 2.71 bits per heavy atom. The fraction of sp³-hybridized carbons (Fsp3) is 0.111. The standard InChI is InChI=1S/C18H15FN2O2S/c19-14-6-4-5-13(9-14)12-24-18-20-15(10-17(22)21-18)11-23-16-7-2-1-3-8-16/h1-10H,11-12H2,(H,20,21,22). The van der Waals surface area contributed by atoms with E-state index in [1.54, 1.807) is 6.07 Å². The molecule has 0 aliphatic heterocycles. The van der Waals surface area contributed by atoms with Gasteiger partial charge in [-0.05, 0) is 29.8 Å². The van der Waals surface area contributed by atoms with Crippen LogP contribution in [0.3, 0.4) is 0 Å². The zero-order chi connectivity index (χ0) is 16.8. The van der Waals surface area contributed by atoms with Crippen molar-refractivity contribution in [3.05, 3.63) is 88.1 Å². The summed E-state index contributed by atoms with van der Waals surface area (Å²) < 4.78 is 18.8. The van der Waals surface area contributed by atoms with Crippen LogP contribution in [0, 0.1) is 5.82 Å². The smallest absolute Gasteiger partial charge is 0.251 e. The van der Waals surface area contributed by atoms with Gasteiger partial charge in [0.2, 0.25) is 0 Å². The highest BCUT2D eigenvalue weighted by Crippen LogP contribution is 2.19. The van der Waals surface area contributed by atoms with Crippen LogP contribution < -0.4 is 10.3 Å². The molecule has 3 aromatic rings. The third-order valence-corrected chi connectivity index (χ3v) is 4.11. The van der Waals surface area contributed by atoms with Gasteiger partial charge in [-0.25, -0.2) is 9.37 Å². The second kappa shape index (κ2) is 7.79. The largest absolute Gasteiger partial charge is 0.487 e. The van der Waals surface area contributed by atoms with Gasteiger partial charge in [0.25, 0.3) is 5.56 Å². The molecule has 0 radical (unpaired) electrons. The van der Waals surface area contributed by atoms with Crippen LogP contribution in [0.15, 0.2) is 70.6 Å². The van der Waals surface area contributed by atoms with Gasteiger partial charge in [-0.15, -0.1) is 0 Å². The summed E-state index contributed by atoms with van der Waals surface area (Å²) in [6.45, 7) is 0.210. The van der Waals surface area contributed by atoms with E-state index in [9.17, 15) is 9.18 Å². The van der Waals surface area contributed by atoms with Crippen molar-refractivity contribution >= 4 is 11.8 Å². The van der Waals surface area contributed by atoms with Crippen molar-refractivity contribution in [2.45, 2.75) is 17.5 Å². The van der Waals surface area contributed by atoms with Gasteiger partial charge in [-0.3, -0.25) is 4.79 Å². The van der Waals surface area contributed by atoms with Gasteiger partial charge >= 0.3 is 0 Å². The van der Waals surface area contributed by atoms with Crippen LogP contribution in [0.1, 0.15) is 11.3 Å². The molecule has 1 heterocycles. The molecular weight excluding hydrogens is 327 g/mol. The summed E-state index contributed by atoms with van der Waals surface area (Å²) >= 11 is 1.34. The first-order valence-corrected chi connectivity index (χ1v) is 8.33.